The zero-order valence-electron chi connectivity index (χ0n) is 7.16. The van der Waals surface area contributed by atoms with Crippen molar-refractivity contribution in [3.63, 3.8) is 0 Å². The van der Waals surface area contributed by atoms with E-state index in [0.717, 1.165) is 0 Å². The van der Waals surface area contributed by atoms with Crippen molar-refractivity contribution in [1.29, 1.82) is 0 Å². The van der Waals surface area contributed by atoms with Gasteiger partial charge in [0.1, 0.15) is 6.10 Å². The topological polar surface area (TPSA) is 74.9 Å². The van der Waals surface area contributed by atoms with E-state index in [4.69, 9.17) is 0 Å². The lowest BCUT2D eigenvalue weighted by molar-refractivity contribution is 0.247. The van der Waals surface area contributed by atoms with Crippen LogP contribution in [0.25, 0.3) is 0 Å². The number of rotatable bonds is 2. The molecule has 1 aromatic rings. The number of aliphatic hydroxyl groups is 1. The average Bonchev–Trinajstić information content (AvgIpc) is 2.65. The fourth-order valence-electron chi connectivity index (χ4n) is 1.14. The number of aliphatic hydroxyl groups excluding tert-OH is 1. The van der Waals surface area contributed by atoms with E-state index in [1.165, 1.54) is 6.21 Å². The second kappa shape index (κ2) is 3.47. The quantitative estimate of drug-likeness (QED) is 0.746. The zero-order chi connectivity index (χ0) is 9.97. The third kappa shape index (κ3) is 1.57. The van der Waals surface area contributed by atoms with Gasteiger partial charge in [-0.05, 0) is 17.7 Å². The Morgan fingerprint density at radius 3 is 2.57 bits per heavy atom. The molecule has 1 N–H and O–H groups in total. The van der Waals surface area contributed by atoms with Crippen LogP contribution in [0.2, 0.25) is 0 Å². The van der Waals surface area contributed by atoms with Gasteiger partial charge in [-0.15, -0.1) is 0 Å². The van der Waals surface area contributed by atoms with Gasteiger partial charge in [0.15, 0.2) is 0 Å². The number of aliphatic imine (C=N–C) groups is 2. The molecular formula is C9H7N3O2. The van der Waals surface area contributed by atoms with Crippen molar-refractivity contribution in [2.45, 2.75) is 6.10 Å². The molecule has 2 amide bonds. The molecule has 2 rings (SSSR count). The van der Waals surface area contributed by atoms with Gasteiger partial charge in [-0.1, -0.05) is 0 Å². The highest BCUT2D eigenvalue weighted by Crippen LogP contribution is 2.14. The summed E-state index contributed by atoms with van der Waals surface area (Å²) in [6.07, 6.45) is 3.49. The van der Waals surface area contributed by atoms with Crippen LogP contribution in [0.3, 0.4) is 0 Å². The lowest BCUT2D eigenvalue weighted by Gasteiger charge is -2.06. The minimum atomic E-state index is -0.909. The summed E-state index contributed by atoms with van der Waals surface area (Å²) in [6.45, 7) is 0. The minimum Gasteiger partial charge on any atom is -0.382 e. The summed E-state index contributed by atoms with van der Waals surface area (Å²) in [5, 5.41) is 9.74. The molecule has 5 nitrogen and oxygen atoms in total. The van der Waals surface area contributed by atoms with Crippen LogP contribution in [0.5, 0.6) is 0 Å². The number of amides is 2. The summed E-state index contributed by atoms with van der Waals surface area (Å²) in [5.74, 6) is 0. The van der Waals surface area contributed by atoms with E-state index in [1.54, 1.807) is 24.5 Å². The minimum absolute atomic E-state index is 0.265. The fraction of sp³-hybridized carbons (Fsp3) is 0.111. The second-order valence-corrected chi connectivity index (χ2v) is 2.76. The highest BCUT2D eigenvalue weighted by Gasteiger charge is 2.18. The molecule has 1 unspecified atom stereocenters. The first-order valence-electron chi connectivity index (χ1n) is 4.02. The standard InChI is InChI=1S/C9H7N3O2/c13-8(6-1-3-10-4-2-6)7-5-11-9(14)12-7/h1-5,8,13H. The molecule has 14 heavy (non-hydrogen) atoms. The van der Waals surface area contributed by atoms with Crippen molar-refractivity contribution in [2.24, 2.45) is 9.98 Å². The van der Waals surface area contributed by atoms with Crippen LogP contribution in [0.15, 0.2) is 34.5 Å². The molecule has 2 heterocycles. The Kier molecular flexibility index (Phi) is 2.16. The maximum absolute atomic E-state index is 10.7. The predicted molar refractivity (Wildman–Crippen MR) is 50.5 cm³/mol. The van der Waals surface area contributed by atoms with E-state index in [1.807, 2.05) is 0 Å². The molecule has 1 aromatic heterocycles. The van der Waals surface area contributed by atoms with E-state index in [9.17, 15) is 9.90 Å². The molecule has 1 aliphatic rings. The van der Waals surface area contributed by atoms with Gasteiger partial charge in [0, 0.05) is 12.4 Å². The monoisotopic (exact) mass is 189 g/mol. The van der Waals surface area contributed by atoms with Crippen molar-refractivity contribution in [1.82, 2.24) is 4.98 Å². The number of pyridine rings is 1. The Morgan fingerprint density at radius 2 is 2.00 bits per heavy atom. The fourth-order valence-corrected chi connectivity index (χ4v) is 1.14. The molecule has 0 aromatic carbocycles. The van der Waals surface area contributed by atoms with Crippen molar-refractivity contribution < 1.29 is 9.90 Å². The average molecular weight is 189 g/mol. The summed E-state index contributed by atoms with van der Waals surface area (Å²) < 4.78 is 0. The Bertz CT molecular complexity index is 411. The number of nitrogens with zero attached hydrogens (tertiary/aromatic N) is 3. The second-order valence-electron chi connectivity index (χ2n) is 2.76. The van der Waals surface area contributed by atoms with Gasteiger partial charge in [0.2, 0.25) is 0 Å². The highest BCUT2D eigenvalue weighted by molar-refractivity contribution is 6.39. The van der Waals surface area contributed by atoms with Crippen molar-refractivity contribution >= 4 is 18.0 Å². The Hall–Kier alpha value is -1.88. The van der Waals surface area contributed by atoms with Crippen LogP contribution < -0.4 is 0 Å². The smallest absolute Gasteiger partial charge is 0.367 e. The number of hydrogen-bond donors (Lipinski definition) is 1. The van der Waals surface area contributed by atoms with Crippen molar-refractivity contribution in [3.05, 3.63) is 30.1 Å². The molecule has 0 radical (unpaired) electrons. The van der Waals surface area contributed by atoms with Crippen LogP contribution in [0, 0.1) is 0 Å². The zero-order valence-corrected chi connectivity index (χ0v) is 7.16. The van der Waals surface area contributed by atoms with Crippen molar-refractivity contribution in [2.75, 3.05) is 0 Å². The molecule has 0 saturated heterocycles. The summed E-state index contributed by atoms with van der Waals surface area (Å²) in [7, 11) is 0. The molecule has 0 fully saturated rings. The molecule has 70 valence electrons. The lowest BCUT2D eigenvalue weighted by Crippen LogP contribution is -2.11. The van der Waals surface area contributed by atoms with Gasteiger partial charge in [0.25, 0.3) is 0 Å². The third-order valence-corrected chi connectivity index (χ3v) is 1.83. The van der Waals surface area contributed by atoms with Gasteiger partial charge in [0.05, 0.1) is 11.9 Å². The van der Waals surface area contributed by atoms with E-state index in [-0.39, 0.29) is 5.71 Å². The summed E-state index contributed by atoms with van der Waals surface area (Å²) in [6, 6.07) is 2.74. The van der Waals surface area contributed by atoms with Crippen LogP contribution >= 0.6 is 0 Å². The van der Waals surface area contributed by atoms with Gasteiger partial charge in [-0.25, -0.2) is 4.79 Å². The number of carbonyl (C=O) groups is 1. The van der Waals surface area contributed by atoms with Crippen LogP contribution in [0.1, 0.15) is 11.7 Å². The van der Waals surface area contributed by atoms with Gasteiger partial charge in [-0.3, -0.25) is 4.98 Å². The lowest BCUT2D eigenvalue weighted by atomic mass is 10.1. The van der Waals surface area contributed by atoms with Gasteiger partial charge in [-0.2, -0.15) is 9.98 Å². The first kappa shape index (κ1) is 8.71. The van der Waals surface area contributed by atoms with E-state index in [2.05, 4.69) is 15.0 Å². The number of hydrogen-bond acceptors (Lipinski definition) is 3. The van der Waals surface area contributed by atoms with E-state index in [0.29, 0.717) is 5.56 Å². The molecule has 0 spiro atoms. The normalized spacial score (nSPS) is 16.9. The van der Waals surface area contributed by atoms with Gasteiger partial charge < -0.3 is 5.11 Å². The first-order chi connectivity index (χ1) is 6.77. The predicted octanol–water partition coefficient (Wildman–Crippen LogP) is 0.760. The Labute approximate surface area is 79.9 Å². The molecule has 0 saturated carbocycles. The maximum Gasteiger partial charge on any atom is 0.367 e. The van der Waals surface area contributed by atoms with E-state index < -0.39 is 12.1 Å². The third-order valence-electron chi connectivity index (χ3n) is 1.83. The van der Waals surface area contributed by atoms with Crippen LogP contribution in [-0.4, -0.2) is 28.0 Å². The maximum atomic E-state index is 10.7. The number of carbonyl (C=O) groups excluding carboxylic acids is 1. The SMILES string of the molecule is O=C1N=CC(C(O)c2ccncc2)=N1. The number of aromatic nitrogens is 1. The first-order valence-corrected chi connectivity index (χ1v) is 4.02. The Balaban J connectivity index is 2.26. The highest BCUT2D eigenvalue weighted by atomic mass is 16.3. The molecule has 0 bridgehead atoms. The van der Waals surface area contributed by atoms with Gasteiger partial charge >= 0.3 is 6.03 Å². The van der Waals surface area contributed by atoms with Crippen LogP contribution in [0.4, 0.5) is 4.79 Å². The largest absolute Gasteiger partial charge is 0.382 e. The summed E-state index contributed by atoms with van der Waals surface area (Å²) >= 11 is 0. The molecule has 5 heteroatoms. The molecule has 1 aliphatic heterocycles. The van der Waals surface area contributed by atoms with Crippen LogP contribution in [-0.2, 0) is 0 Å². The molecule has 0 aliphatic carbocycles. The summed E-state index contributed by atoms with van der Waals surface area (Å²) in [4.78, 5) is 21.5. The molecular weight excluding hydrogens is 182 g/mol. The molecule has 1 atom stereocenters. The number of urea groups is 1. The van der Waals surface area contributed by atoms with E-state index >= 15 is 0 Å². The Morgan fingerprint density at radius 1 is 1.29 bits per heavy atom. The summed E-state index contributed by atoms with van der Waals surface area (Å²) in [5.41, 5.74) is 0.904. The van der Waals surface area contributed by atoms with Crippen molar-refractivity contribution in [3.8, 4) is 0 Å².